The zero-order valence-electron chi connectivity index (χ0n) is 8.36. The molecule has 2 N–H and O–H groups in total. The summed E-state index contributed by atoms with van der Waals surface area (Å²) >= 11 is 0. The van der Waals surface area contributed by atoms with E-state index in [1.165, 1.54) is 12.3 Å². The number of aryl methyl sites for hydroxylation is 1. The topological polar surface area (TPSA) is 82.0 Å². The van der Waals surface area contributed by atoms with Crippen LogP contribution < -0.4 is 5.73 Å². The first-order valence-corrected chi connectivity index (χ1v) is 4.45. The van der Waals surface area contributed by atoms with E-state index >= 15 is 0 Å². The highest BCUT2D eigenvalue weighted by atomic mass is 16.6. The van der Waals surface area contributed by atoms with Gasteiger partial charge in [0.25, 0.3) is 5.69 Å². The molecular formula is C10H11N3O2. The molecule has 1 heterocycles. The predicted octanol–water partition coefficient (Wildman–Crippen LogP) is 0.999. The zero-order valence-corrected chi connectivity index (χ0v) is 8.36. The maximum Gasteiger partial charge on any atom is 0.291 e. The third-order valence-corrected chi connectivity index (χ3v) is 1.76. The second-order valence-electron chi connectivity index (χ2n) is 2.93. The van der Waals surface area contributed by atoms with E-state index in [-0.39, 0.29) is 5.69 Å². The third kappa shape index (κ3) is 3.04. The molecule has 0 bridgehead atoms. The Labute approximate surface area is 87.5 Å². The van der Waals surface area contributed by atoms with Crippen LogP contribution in [0.25, 0.3) is 0 Å². The van der Waals surface area contributed by atoms with E-state index in [2.05, 4.69) is 16.8 Å². The highest BCUT2D eigenvalue weighted by molar-refractivity contribution is 5.43. The van der Waals surface area contributed by atoms with Gasteiger partial charge >= 0.3 is 0 Å². The van der Waals surface area contributed by atoms with Gasteiger partial charge in [-0.25, -0.2) is 0 Å². The number of pyridine rings is 1. The van der Waals surface area contributed by atoms with E-state index < -0.39 is 4.92 Å². The summed E-state index contributed by atoms with van der Waals surface area (Å²) in [6.45, 7) is 2.07. The molecule has 0 aromatic carbocycles. The Kier molecular flexibility index (Phi) is 3.77. The summed E-state index contributed by atoms with van der Waals surface area (Å²) in [5.74, 6) is 5.57. The fourth-order valence-electron chi connectivity index (χ4n) is 1.01. The lowest BCUT2D eigenvalue weighted by atomic mass is 10.2. The monoisotopic (exact) mass is 205 g/mol. The summed E-state index contributed by atoms with van der Waals surface area (Å²) in [6.07, 6.45) is 2.09. The molecule has 5 nitrogen and oxygen atoms in total. The lowest BCUT2D eigenvalue weighted by Crippen LogP contribution is -1.96. The fraction of sp³-hybridized carbons (Fsp3) is 0.300. The van der Waals surface area contributed by atoms with Crippen molar-refractivity contribution in [2.24, 2.45) is 5.73 Å². The van der Waals surface area contributed by atoms with Gasteiger partial charge in [-0.15, -0.1) is 0 Å². The van der Waals surface area contributed by atoms with Crippen LogP contribution in [0.15, 0.2) is 12.3 Å². The minimum absolute atomic E-state index is 0.00505. The van der Waals surface area contributed by atoms with E-state index in [1.54, 1.807) is 6.92 Å². The van der Waals surface area contributed by atoms with E-state index in [4.69, 9.17) is 5.73 Å². The van der Waals surface area contributed by atoms with Gasteiger partial charge in [-0.2, -0.15) is 0 Å². The smallest absolute Gasteiger partial charge is 0.291 e. The SMILES string of the molecule is Cc1ncc(C#CCCN)cc1[N+](=O)[O-]. The van der Waals surface area contributed by atoms with Crippen molar-refractivity contribution in [2.45, 2.75) is 13.3 Å². The standard InChI is InChI=1S/C10H11N3O2/c1-8-10(13(14)15)6-9(7-12-8)4-2-3-5-11/h6-7H,3,5,11H2,1H3. The lowest BCUT2D eigenvalue weighted by Gasteiger charge is -1.95. The molecule has 1 rings (SSSR count). The van der Waals surface area contributed by atoms with Crippen molar-refractivity contribution in [1.29, 1.82) is 0 Å². The molecule has 78 valence electrons. The molecule has 0 fully saturated rings. The summed E-state index contributed by atoms with van der Waals surface area (Å²) < 4.78 is 0. The van der Waals surface area contributed by atoms with Crippen molar-refractivity contribution in [3.05, 3.63) is 33.6 Å². The number of hydrogen-bond donors (Lipinski definition) is 1. The molecule has 1 aromatic rings. The summed E-state index contributed by atoms with van der Waals surface area (Å²) in [5.41, 5.74) is 6.20. The number of rotatable bonds is 2. The number of hydrogen-bond acceptors (Lipinski definition) is 4. The van der Waals surface area contributed by atoms with Gasteiger partial charge in [0.05, 0.1) is 4.92 Å². The quantitative estimate of drug-likeness (QED) is 0.443. The zero-order chi connectivity index (χ0) is 11.3. The second kappa shape index (κ2) is 5.08. The first-order chi connectivity index (χ1) is 7.15. The van der Waals surface area contributed by atoms with Gasteiger partial charge in [-0.05, 0) is 6.92 Å². The average Bonchev–Trinajstić information content (AvgIpc) is 2.20. The number of aromatic nitrogens is 1. The largest absolute Gasteiger partial charge is 0.330 e. The molecule has 0 unspecified atom stereocenters. The molecule has 0 amide bonds. The van der Waals surface area contributed by atoms with Crippen LogP contribution in [0.3, 0.4) is 0 Å². The first-order valence-electron chi connectivity index (χ1n) is 4.45. The fourth-order valence-corrected chi connectivity index (χ4v) is 1.01. The van der Waals surface area contributed by atoms with E-state index in [1.807, 2.05) is 0 Å². The number of nitrogens with two attached hydrogens (primary N) is 1. The Hall–Kier alpha value is -1.93. The minimum Gasteiger partial charge on any atom is -0.330 e. The molecule has 1 aromatic heterocycles. The molecule has 0 aliphatic rings. The summed E-state index contributed by atoms with van der Waals surface area (Å²) in [5, 5.41) is 10.6. The van der Waals surface area contributed by atoms with Crippen LogP contribution in [-0.2, 0) is 0 Å². The van der Waals surface area contributed by atoms with Crippen LogP contribution in [0, 0.1) is 28.9 Å². The second-order valence-corrected chi connectivity index (χ2v) is 2.93. The van der Waals surface area contributed by atoms with Crippen molar-refractivity contribution in [1.82, 2.24) is 4.98 Å². The molecular weight excluding hydrogens is 194 g/mol. The van der Waals surface area contributed by atoms with Gasteiger partial charge in [0.1, 0.15) is 5.69 Å². The molecule has 0 radical (unpaired) electrons. The molecule has 5 heteroatoms. The normalized spacial score (nSPS) is 9.20. The van der Waals surface area contributed by atoms with Crippen molar-refractivity contribution < 1.29 is 4.92 Å². The van der Waals surface area contributed by atoms with E-state index in [0.29, 0.717) is 24.2 Å². The Morgan fingerprint density at radius 1 is 1.67 bits per heavy atom. The van der Waals surface area contributed by atoms with E-state index in [0.717, 1.165) is 0 Å². The Morgan fingerprint density at radius 3 is 3.00 bits per heavy atom. The maximum atomic E-state index is 10.6. The van der Waals surface area contributed by atoms with Gasteiger partial charge < -0.3 is 5.73 Å². The van der Waals surface area contributed by atoms with Gasteiger partial charge in [0, 0.05) is 30.8 Å². The lowest BCUT2D eigenvalue weighted by molar-refractivity contribution is -0.385. The van der Waals surface area contributed by atoms with Crippen LogP contribution in [0.2, 0.25) is 0 Å². The van der Waals surface area contributed by atoms with Crippen molar-refractivity contribution in [2.75, 3.05) is 6.54 Å². The molecule has 0 aliphatic heterocycles. The molecule has 0 saturated carbocycles. The molecule has 0 aliphatic carbocycles. The third-order valence-electron chi connectivity index (χ3n) is 1.76. The molecule has 0 spiro atoms. The van der Waals surface area contributed by atoms with Crippen LogP contribution in [-0.4, -0.2) is 16.5 Å². The van der Waals surface area contributed by atoms with E-state index in [9.17, 15) is 10.1 Å². The number of nitrogens with zero attached hydrogens (tertiary/aromatic N) is 2. The van der Waals surface area contributed by atoms with Crippen molar-refractivity contribution in [3.63, 3.8) is 0 Å². The Morgan fingerprint density at radius 2 is 2.40 bits per heavy atom. The number of nitro groups is 1. The highest BCUT2D eigenvalue weighted by Gasteiger charge is 2.11. The Bertz CT molecular complexity index is 432. The van der Waals surface area contributed by atoms with Crippen LogP contribution in [0.5, 0.6) is 0 Å². The van der Waals surface area contributed by atoms with Crippen molar-refractivity contribution >= 4 is 5.69 Å². The molecule has 15 heavy (non-hydrogen) atoms. The van der Waals surface area contributed by atoms with Gasteiger partial charge in [-0.3, -0.25) is 15.1 Å². The van der Waals surface area contributed by atoms with Crippen LogP contribution in [0.4, 0.5) is 5.69 Å². The summed E-state index contributed by atoms with van der Waals surface area (Å²) in [7, 11) is 0. The molecule has 0 saturated heterocycles. The average molecular weight is 205 g/mol. The summed E-state index contributed by atoms with van der Waals surface area (Å²) in [6, 6.07) is 1.42. The van der Waals surface area contributed by atoms with Gasteiger partial charge in [0.15, 0.2) is 0 Å². The minimum atomic E-state index is -0.462. The first kappa shape index (κ1) is 11.1. The highest BCUT2D eigenvalue weighted by Crippen LogP contribution is 2.15. The van der Waals surface area contributed by atoms with Gasteiger partial charge in [-0.1, -0.05) is 11.8 Å². The van der Waals surface area contributed by atoms with Crippen LogP contribution in [0.1, 0.15) is 17.7 Å². The predicted molar refractivity (Wildman–Crippen MR) is 56.2 cm³/mol. The summed E-state index contributed by atoms with van der Waals surface area (Å²) in [4.78, 5) is 14.0. The van der Waals surface area contributed by atoms with Gasteiger partial charge in [0.2, 0.25) is 0 Å². The molecule has 0 atom stereocenters. The maximum absolute atomic E-state index is 10.6. The van der Waals surface area contributed by atoms with Crippen molar-refractivity contribution in [3.8, 4) is 11.8 Å². The Balaban J connectivity index is 2.99. The van der Waals surface area contributed by atoms with Crippen LogP contribution >= 0.6 is 0 Å².